The molecular weight excluding hydrogens is 272 g/mol. The molecule has 0 aliphatic carbocycles. The summed E-state index contributed by atoms with van der Waals surface area (Å²) in [6, 6.07) is 3.77. The minimum atomic E-state index is -0.571. The molecule has 0 saturated carbocycles. The van der Waals surface area contributed by atoms with Crippen molar-refractivity contribution in [3.8, 4) is 0 Å². The summed E-state index contributed by atoms with van der Waals surface area (Å²) in [5.41, 5.74) is -0.0738. The maximum Gasteiger partial charge on any atom is 0.270 e. The molecule has 6 nitrogen and oxygen atoms in total. The van der Waals surface area contributed by atoms with Gasteiger partial charge in [-0.1, -0.05) is 11.6 Å². The zero-order valence-electron chi connectivity index (χ0n) is 10.1. The fourth-order valence-electron chi connectivity index (χ4n) is 2.10. The number of piperidine rings is 1. The summed E-state index contributed by atoms with van der Waals surface area (Å²) in [7, 11) is 0. The number of nitrogens with zero attached hydrogens (tertiary/aromatic N) is 2. The van der Waals surface area contributed by atoms with Crippen molar-refractivity contribution in [3.63, 3.8) is 0 Å². The number of nitro groups is 1. The number of hydrogen-bond donors (Lipinski definition) is 1. The van der Waals surface area contributed by atoms with E-state index in [4.69, 9.17) is 11.6 Å². The normalized spacial score (nSPS) is 19.3. The first-order valence-corrected chi connectivity index (χ1v) is 6.28. The summed E-state index contributed by atoms with van der Waals surface area (Å²) in [6.07, 6.45) is 0.821. The Bertz CT molecular complexity index is 520. The second kappa shape index (κ2) is 5.54. The molecule has 1 aromatic carbocycles. The lowest BCUT2D eigenvalue weighted by Gasteiger charge is -2.30. The van der Waals surface area contributed by atoms with Gasteiger partial charge in [0.25, 0.3) is 11.6 Å². The van der Waals surface area contributed by atoms with Crippen LogP contribution in [-0.4, -0.2) is 40.0 Å². The van der Waals surface area contributed by atoms with E-state index in [9.17, 15) is 20.0 Å². The molecule has 19 heavy (non-hydrogen) atoms. The third-order valence-corrected chi connectivity index (χ3v) is 3.40. The van der Waals surface area contributed by atoms with Gasteiger partial charge in [0.15, 0.2) is 0 Å². The molecule has 1 unspecified atom stereocenters. The highest BCUT2D eigenvalue weighted by Gasteiger charge is 2.25. The number of aliphatic hydroxyl groups excluding tert-OH is 1. The van der Waals surface area contributed by atoms with Crippen LogP contribution in [-0.2, 0) is 0 Å². The van der Waals surface area contributed by atoms with E-state index < -0.39 is 11.0 Å². The Labute approximate surface area is 114 Å². The number of rotatable bonds is 2. The number of hydrogen-bond acceptors (Lipinski definition) is 4. The van der Waals surface area contributed by atoms with E-state index >= 15 is 0 Å². The standard InChI is InChI=1S/C12H13ClN2O4/c13-11-4-3-8(15(18)19)6-10(11)12(17)14-5-1-2-9(16)7-14/h3-4,6,9,16H,1-2,5,7H2. The predicted molar refractivity (Wildman–Crippen MR) is 69.3 cm³/mol. The number of halogens is 1. The Morgan fingerprint density at radius 2 is 2.26 bits per heavy atom. The van der Waals surface area contributed by atoms with Gasteiger partial charge in [0.2, 0.25) is 0 Å². The lowest BCUT2D eigenvalue weighted by molar-refractivity contribution is -0.384. The molecule has 1 atom stereocenters. The molecule has 1 aliphatic rings. The number of non-ortho nitro benzene ring substituents is 1. The Balaban J connectivity index is 2.27. The van der Waals surface area contributed by atoms with Gasteiger partial charge in [-0.3, -0.25) is 14.9 Å². The highest BCUT2D eigenvalue weighted by molar-refractivity contribution is 6.33. The maximum atomic E-state index is 12.2. The topological polar surface area (TPSA) is 83.7 Å². The summed E-state index contributed by atoms with van der Waals surface area (Å²) >= 11 is 5.92. The second-order valence-corrected chi connectivity index (χ2v) is 4.88. The number of benzene rings is 1. The van der Waals surface area contributed by atoms with Gasteiger partial charge in [0.05, 0.1) is 21.6 Å². The van der Waals surface area contributed by atoms with Crippen LogP contribution in [0.1, 0.15) is 23.2 Å². The Hall–Kier alpha value is -1.66. The zero-order chi connectivity index (χ0) is 14.0. The third kappa shape index (κ3) is 3.02. The van der Waals surface area contributed by atoms with Crippen LogP contribution in [0.2, 0.25) is 5.02 Å². The van der Waals surface area contributed by atoms with Crippen LogP contribution in [0, 0.1) is 10.1 Å². The van der Waals surface area contributed by atoms with Gasteiger partial charge in [-0.15, -0.1) is 0 Å². The minimum absolute atomic E-state index is 0.102. The molecule has 1 saturated heterocycles. The molecule has 0 aromatic heterocycles. The van der Waals surface area contributed by atoms with Gasteiger partial charge in [-0.25, -0.2) is 0 Å². The van der Waals surface area contributed by atoms with Gasteiger partial charge in [-0.05, 0) is 18.9 Å². The van der Waals surface area contributed by atoms with E-state index in [1.165, 1.54) is 23.1 Å². The van der Waals surface area contributed by atoms with Crippen LogP contribution < -0.4 is 0 Å². The summed E-state index contributed by atoms with van der Waals surface area (Å²) in [6.45, 7) is 0.757. The molecule has 1 N–H and O–H groups in total. The smallest absolute Gasteiger partial charge is 0.270 e. The van der Waals surface area contributed by atoms with Crippen molar-refractivity contribution in [2.45, 2.75) is 18.9 Å². The van der Waals surface area contributed by atoms with E-state index in [1.54, 1.807) is 0 Å². The number of amides is 1. The molecular formula is C12H13ClN2O4. The molecule has 1 fully saturated rings. The number of carbonyl (C=O) groups excluding carboxylic acids is 1. The molecule has 7 heteroatoms. The first-order chi connectivity index (χ1) is 8.99. The van der Waals surface area contributed by atoms with Crippen molar-refractivity contribution >= 4 is 23.2 Å². The molecule has 2 rings (SSSR count). The lowest BCUT2D eigenvalue weighted by Crippen LogP contribution is -2.42. The van der Waals surface area contributed by atoms with E-state index in [1.807, 2.05) is 0 Å². The number of nitro benzene ring substituents is 1. The van der Waals surface area contributed by atoms with Crippen molar-refractivity contribution in [2.75, 3.05) is 13.1 Å². The predicted octanol–water partition coefficient (Wildman–Crippen LogP) is 1.85. The Morgan fingerprint density at radius 1 is 1.53 bits per heavy atom. The summed E-state index contributed by atoms with van der Waals surface area (Å²) in [5, 5.41) is 20.4. The highest BCUT2D eigenvalue weighted by atomic mass is 35.5. The van der Waals surface area contributed by atoms with Crippen LogP contribution in [0.15, 0.2) is 18.2 Å². The van der Waals surface area contributed by atoms with Crippen molar-refractivity contribution in [2.24, 2.45) is 0 Å². The fourth-order valence-corrected chi connectivity index (χ4v) is 2.30. The first kappa shape index (κ1) is 13.8. The zero-order valence-corrected chi connectivity index (χ0v) is 10.8. The van der Waals surface area contributed by atoms with E-state index in [0.717, 1.165) is 0 Å². The number of likely N-dealkylation sites (tertiary alicyclic amines) is 1. The van der Waals surface area contributed by atoms with E-state index in [0.29, 0.717) is 19.4 Å². The molecule has 1 amide bonds. The Morgan fingerprint density at radius 3 is 2.89 bits per heavy atom. The molecule has 0 bridgehead atoms. The lowest BCUT2D eigenvalue weighted by atomic mass is 10.1. The number of carbonyl (C=O) groups is 1. The van der Waals surface area contributed by atoms with Crippen LogP contribution in [0.3, 0.4) is 0 Å². The monoisotopic (exact) mass is 284 g/mol. The van der Waals surface area contributed by atoms with E-state index in [-0.39, 0.29) is 28.7 Å². The molecule has 1 heterocycles. The fraction of sp³-hybridized carbons (Fsp3) is 0.417. The number of aliphatic hydroxyl groups is 1. The molecule has 0 radical (unpaired) electrons. The molecule has 0 spiro atoms. The first-order valence-electron chi connectivity index (χ1n) is 5.90. The Kier molecular flexibility index (Phi) is 4.01. The van der Waals surface area contributed by atoms with Gasteiger partial charge < -0.3 is 10.0 Å². The second-order valence-electron chi connectivity index (χ2n) is 4.47. The van der Waals surface area contributed by atoms with E-state index in [2.05, 4.69) is 0 Å². The van der Waals surface area contributed by atoms with Gasteiger partial charge in [-0.2, -0.15) is 0 Å². The average Bonchev–Trinajstić information content (AvgIpc) is 2.38. The van der Waals surface area contributed by atoms with Crippen LogP contribution in [0.5, 0.6) is 0 Å². The van der Waals surface area contributed by atoms with Crippen LogP contribution in [0.25, 0.3) is 0 Å². The minimum Gasteiger partial charge on any atom is -0.391 e. The van der Waals surface area contributed by atoms with Gasteiger partial charge in [0.1, 0.15) is 0 Å². The summed E-state index contributed by atoms with van der Waals surface area (Å²) in [4.78, 5) is 23.9. The van der Waals surface area contributed by atoms with Gasteiger partial charge >= 0.3 is 0 Å². The number of β-amino-alcohol motifs (C(OH)–C–C–N with tert-alkyl or cyclic N) is 1. The van der Waals surface area contributed by atoms with Crippen molar-refractivity contribution in [3.05, 3.63) is 38.9 Å². The van der Waals surface area contributed by atoms with Crippen LogP contribution in [0.4, 0.5) is 5.69 Å². The van der Waals surface area contributed by atoms with Crippen molar-refractivity contribution in [1.82, 2.24) is 4.90 Å². The van der Waals surface area contributed by atoms with Crippen LogP contribution >= 0.6 is 11.6 Å². The SMILES string of the molecule is O=C(c1cc([N+](=O)[O-])ccc1Cl)N1CCCC(O)C1. The van der Waals surface area contributed by atoms with Crippen molar-refractivity contribution < 1.29 is 14.8 Å². The maximum absolute atomic E-state index is 12.2. The molecule has 102 valence electrons. The third-order valence-electron chi connectivity index (χ3n) is 3.07. The molecule has 1 aliphatic heterocycles. The average molecular weight is 285 g/mol. The van der Waals surface area contributed by atoms with Crippen molar-refractivity contribution in [1.29, 1.82) is 0 Å². The largest absolute Gasteiger partial charge is 0.391 e. The quantitative estimate of drug-likeness (QED) is 0.663. The van der Waals surface area contributed by atoms with Gasteiger partial charge in [0, 0.05) is 25.2 Å². The summed E-state index contributed by atoms with van der Waals surface area (Å²) in [5.74, 6) is -0.382. The molecule has 1 aromatic rings. The summed E-state index contributed by atoms with van der Waals surface area (Å²) < 4.78 is 0. The highest BCUT2D eigenvalue weighted by Crippen LogP contribution is 2.24.